The first-order valence-electron chi connectivity index (χ1n) is 11.9. The third kappa shape index (κ3) is 8.58. The molecule has 0 fully saturated rings. The summed E-state index contributed by atoms with van der Waals surface area (Å²) in [6.45, 7) is 6.09. The predicted octanol–water partition coefficient (Wildman–Crippen LogP) is 6.70. The maximum atomic E-state index is 13.7. The monoisotopic (exact) mass is 542 g/mol. The summed E-state index contributed by atoms with van der Waals surface area (Å²) in [5.74, 6) is 0.665. The Bertz CT molecular complexity index is 1170. The molecule has 0 saturated carbocycles. The van der Waals surface area contributed by atoms with E-state index in [0.717, 1.165) is 11.1 Å². The number of hydrogen-bond acceptors (Lipinski definition) is 3. The Kier molecular flexibility index (Phi) is 10.7. The first kappa shape index (κ1) is 28.1. The molecule has 0 saturated heterocycles. The minimum Gasteiger partial charge on any atom is -0.352 e. The summed E-state index contributed by atoms with van der Waals surface area (Å²) in [5, 5.41) is 3.99. The quantitative estimate of drug-likeness (QED) is 0.293. The Morgan fingerprint density at radius 1 is 0.944 bits per heavy atom. The molecule has 0 unspecified atom stereocenters. The van der Waals surface area contributed by atoms with Crippen LogP contribution in [0.3, 0.4) is 0 Å². The zero-order chi connectivity index (χ0) is 26.1. The number of halogens is 2. The van der Waals surface area contributed by atoms with Crippen molar-refractivity contribution in [3.05, 3.63) is 105 Å². The lowest BCUT2D eigenvalue weighted by Gasteiger charge is -2.32. The maximum Gasteiger partial charge on any atom is 0.243 e. The van der Waals surface area contributed by atoms with Crippen LogP contribution >= 0.6 is 35.0 Å². The molecule has 0 spiro atoms. The molecule has 190 valence electrons. The van der Waals surface area contributed by atoms with Crippen LogP contribution in [0.5, 0.6) is 0 Å². The van der Waals surface area contributed by atoms with E-state index >= 15 is 0 Å². The zero-order valence-corrected chi connectivity index (χ0v) is 23.2. The van der Waals surface area contributed by atoms with Crippen LogP contribution in [-0.2, 0) is 28.3 Å². The van der Waals surface area contributed by atoms with Crippen LogP contribution in [0.2, 0.25) is 10.0 Å². The lowest BCUT2D eigenvalue weighted by Crippen LogP contribution is -2.52. The van der Waals surface area contributed by atoms with Crippen molar-refractivity contribution in [2.45, 2.75) is 51.6 Å². The standard InChI is InChI=1S/C29H32Cl2N2O2S/c1-20(2)32-29(35)27(15-22-9-5-4-6-10-22)33(17-24-12-13-25(30)16-26(24)31)28(34)19-36-18-23-11-7-8-21(3)14-23/h4-14,16,20,27H,15,17-19H2,1-3H3,(H,32,35)/t27-/m1/s1. The number of benzene rings is 3. The highest BCUT2D eigenvalue weighted by molar-refractivity contribution is 7.99. The van der Waals surface area contributed by atoms with Crippen LogP contribution in [0.4, 0.5) is 0 Å². The molecule has 0 aromatic heterocycles. The fraction of sp³-hybridized carbons (Fsp3) is 0.310. The lowest BCUT2D eigenvalue weighted by molar-refractivity contribution is -0.139. The van der Waals surface area contributed by atoms with Crippen LogP contribution in [0.1, 0.15) is 36.1 Å². The van der Waals surface area contributed by atoms with E-state index in [9.17, 15) is 9.59 Å². The highest BCUT2D eigenvalue weighted by atomic mass is 35.5. The van der Waals surface area contributed by atoms with E-state index in [1.165, 1.54) is 11.1 Å². The van der Waals surface area contributed by atoms with Gasteiger partial charge in [-0.1, -0.05) is 89.4 Å². The molecule has 0 radical (unpaired) electrons. The van der Waals surface area contributed by atoms with Crippen molar-refractivity contribution in [2.75, 3.05) is 5.75 Å². The van der Waals surface area contributed by atoms with E-state index in [-0.39, 0.29) is 30.2 Å². The lowest BCUT2D eigenvalue weighted by atomic mass is 10.0. The van der Waals surface area contributed by atoms with E-state index in [1.807, 2.05) is 56.3 Å². The van der Waals surface area contributed by atoms with E-state index in [2.05, 4.69) is 30.4 Å². The van der Waals surface area contributed by atoms with E-state index in [1.54, 1.807) is 28.8 Å². The minimum atomic E-state index is -0.686. The van der Waals surface area contributed by atoms with Gasteiger partial charge in [-0.2, -0.15) is 0 Å². The fourth-order valence-electron chi connectivity index (χ4n) is 3.91. The summed E-state index contributed by atoms with van der Waals surface area (Å²) in [5.41, 5.74) is 4.08. The Balaban J connectivity index is 1.88. The van der Waals surface area contributed by atoms with Gasteiger partial charge >= 0.3 is 0 Å². The van der Waals surface area contributed by atoms with Crippen LogP contribution in [-0.4, -0.2) is 34.6 Å². The van der Waals surface area contributed by atoms with Crippen molar-refractivity contribution < 1.29 is 9.59 Å². The van der Waals surface area contributed by atoms with Crippen LogP contribution < -0.4 is 5.32 Å². The molecule has 0 heterocycles. The Hall–Kier alpha value is -2.47. The van der Waals surface area contributed by atoms with Crippen molar-refractivity contribution in [1.29, 1.82) is 0 Å². The Labute approximate surface area is 228 Å². The van der Waals surface area contributed by atoms with Gasteiger partial charge in [-0.25, -0.2) is 0 Å². The van der Waals surface area contributed by atoms with Gasteiger partial charge in [0.2, 0.25) is 11.8 Å². The molecular weight excluding hydrogens is 511 g/mol. The second kappa shape index (κ2) is 13.7. The summed E-state index contributed by atoms with van der Waals surface area (Å²) < 4.78 is 0. The number of thioether (sulfide) groups is 1. The normalized spacial score (nSPS) is 11.8. The number of carbonyl (C=O) groups is 2. The first-order chi connectivity index (χ1) is 17.2. The van der Waals surface area contributed by atoms with E-state index in [4.69, 9.17) is 23.2 Å². The molecule has 0 aliphatic rings. The van der Waals surface area contributed by atoms with Gasteiger partial charge in [0.1, 0.15) is 6.04 Å². The molecule has 36 heavy (non-hydrogen) atoms. The number of nitrogens with zero attached hydrogens (tertiary/aromatic N) is 1. The molecule has 7 heteroatoms. The second-order valence-electron chi connectivity index (χ2n) is 9.11. The summed E-state index contributed by atoms with van der Waals surface area (Å²) >= 11 is 14.1. The number of aryl methyl sites for hydroxylation is 1. The van der Waals surface area contributed by atoms with Crippen molar-refractivity contribution in [3.63, 3.8) is 0 Å². The van der Waals surface area contributed by atoms with Crippen molar-refractivity contribution in [2.24, 2.45) is 0 Å². The molecule has 1 N–H and O–H groups in total. The third-order valence-electron chi connectivity index (χ3n) is 5.63. The average Bonchev–Trinajstić information content (AvgIpc) is 2.82. The van der Waals surface area contributed by atoms with Crippen molar-refractivity contribution >= 4 is 46.8 Å². The molecule has 3 aromatic rings. The smallest absolute Gasteiger partial charge is 0.243 e. The van der Waals surface area contributed by atoms with Gasteiger partial charge in [-0.15, -0.1) is 11.8 Å². The first-order valence-corrected chi connectivity index (χ1v) is 13.8. The van der Waals surface area contributed by atoms with Gasteiger partial charge in [-0.3, -0.25) is 9.59 Å². The molecule has 0 aliphatic heterocycles. The molecule has 4 nitrogen and oxygen atoms in total. The Morgan fingerprint density at radius 3 is 2.33 bits per heavy atom. The number of hydrogen-bond donors (Lipinski definition) is 1. The molecule has 3 rings (SSSR count). The third-order valence-corrected chi connectivity index (χ3v) is 7.21. The molecule has 3 aromatic carbocycles. The van der Waals surface area contributed by atoms with Gasteiger partial charge in [0.05, 0.1) is 5.75 Å². The highest BCUT2D eigenvalue weighted by Gasteiger charge is 2.31. The van der Waals surface area contributed by atoms with Gasteiger partial charge in [-0.05, 0) is 49.6 Å². The fourth-order valence-corrected chi connectivity index (χ4v) is 5.24. The van der Waals surface area contributed by atoms with Crippen LogP contribution in [0.15, 0.2) is 72.8 Å². The summed E-state index contributed by atoms with van der Waals surface area (Å²) in [6.07, 6.45) is 0.402. The number of nitrogens with one attached hydrogen (secondary N) is 1. The summed E-state index contributed by atoms with van der Waals surface area (Å²) in [6, 6.07) is 22.5. The van der Waals surface area contributed by atoms with Crippen LogP contribution in [0, 0.1) is 6.92 Å². The predicted molar refractivity (Wildman–Crippen MR) is 152 cm³/mol. The van der Waals surface area contributed by atoms with E-state index in [0.29, 0.717) is 22.2 Å². The minimum absolute atomic E-state index is 0.0532. The summed E-state index contributed by atoms with van der Waals surface area (Å²) in [7, 11) is 0. The molecule has 0 aliphatic carbocycles. The molecule has 0 bridgehead atoms. The molecule has 1 atom stereocenters. The van der Waals surface area contributed by atoms with Crippen molar-refractivity contribution in [3.8, 4) is 0 Å². The largest absolute Gasteiger partial charge is 0.352 e. The van der Waals surface area contributed by atoms with Crippen molar-refractivity contribution in [1.82, 2.24) is 10.2 Å². The van der Waals surface area contributed by atoms with Gasteiger partial charge in [0, 0.05) is 34.8 Å². The second-order valence-corrected chi connectivity index (χ2v) is 10.9. The number of rotatable bonds is 11. The van der Waals surface area contributed by atoms with Gasteiger partial charge in [0.15, 0.2) is 0 Å². The maximum absolute atomic E-state index is 13.7. The molecule has 2 amide bonds. The highest BCUT2D eigenvalue weighted by Crippen LogP contribution is 2.25. The summed E-state index contributed by atoms with van der Waals surface area (Å²) in [4.78, 5) is 28.7. The zero-order valence-electron chi connectivity index (χ0n) is 20.8. The average molecular weight is 544 g/mol. The molecular formula is C29H32Cl2N2O2S. The van der Waals surface area contributed by atoms with E-state index < -0.39 is 6.04 Å². The topological polar surface area (TPSA) is 49.4 Å². The van der Waals surface area contributed by atoms with Gasteiger partial charge < -0.3 is 10.2 Å². The van der Waals surface area contributed by atoms with Crippen LogP contribution in [0.25, 0.3) is 0 Å². The number of carbonyl (C=O) groups excluding carboxylic acids is 2. The van der Waals surface area contributed by atoms with Gasteiger partial charge in [0.25, 0.3) is 0 Å². The Morgan fingerprint density at radius 2 is 1.67 bits per heavy atom. The number of amides is 2. The SMILES string of the molecule is Cc1cccc(CSCC(=O)N(Cc2ccc(Cl)cc2Cl)[C@H](Cc2ccccc2)C(=O)NC(C)C)c1.